The highest BCUT2D eigenvalue weighted by atomic mass is 16.6. The highest BCUT2D eigenvalue weighted by molar-refractivity contribution is 6.02. The van der Waals surface area contributed by atoms with E-state index in [1.807, 2.05) is 0 Å². The molecular formula is C23H28O9. The first-order valence-corrected chi connectivity index (χ1v) is 10.4. The first-order valence-electron chi connectivity index (χ1n) is 10.4. The fraction of sp³-hybridized carbons (Fsp3) is 0.435. The van der Waals surface area contributed by atoms with E-state index in [9.17, 15) is 15.0 Å². The minimum Gasteiger partial charge on any atom is -0.508 e. The number of hydrogen-bond donors (Lipinski definition) is 3. The molecule has 2 aromatic rings. The predicted octanol–water partition coefficient (Wildman–Crippen LogP) is 2.23. The van der Waals surface area contributed by atoms with Crippen LogP contribution in [-0.2, 0) is 14.2 Å². The Morgan fingerprint density at radius 3 is 2.16 bits per heavy atom. The van der Waals surface area contributed by atoms with Crippen LogP contribution >= 0.6 is 0 Å². The molecular weight excluding hydrogens is 420 g/mol. The average Bonchev–Trinajstić information content (AvgIpc) is 2.77. The maximum Gasteiger partial charge on any atom is 0.174 e. The number of benzene rings is 2. The summed E-state index contributed by atoms with van der Waals surface area (Å²) < 4.78 is 27.4. The van der Waals surface area contributed by atoms with E-state index < -0.39 is 6.10 Å². The minimum atomic E-state index is -0.511. The second kappa shape index (κ2) is 12.3. The lowest BCUT2D eigenvalue weighted by molar-refractivity contribution is 0.00358. The van der Waals surface area contributed by atoms with Gasteiger partial charge in [0, 0.05) is 12.1 Å². The molecule has 1 atom stereocenters. The summed E-state index contributed by atoms with van der Waals surface area (Å²) in [4.78, 5) is 12.5. The van der Waals surface area contributed by atoms with Gasteiger partial charge in [-0.3, -0.25) is 4.79 Å². The van der Waals surface area contributed by atoms with E-state index in [0.29, 0.717) is 45.4 Å². The smallest absolute Gasteiger partial charge is 0.174 e. The van der Waals surface area contributed by atoms with E-state index in [1.54, 1.807) is 18.2 Å². The molecule has 1 aliphatic rings. The maximum atomic E-state index is 12.5. The van der Waals surface area contributed by atoms with Gasteiger partial charge in [0.25, 0.3) is 0 Å². The Bertz CT molecular complexity index is 867. The Kier molecular flexibility index (Phi) is 9.12. The summed E-state index contributed by atoms with van der Waals surface area (Å²) >= 11 is 0. The van der Waals surface area contributed by atoms with E-state index in [-0.39, 0.29) is 48.2 Å². The Hall–Kier alpha value is -2.85. The largest absolute Gasteiger partial charge is 0.508 e. The zero-order valence-corrected chi connectivity index (χ0v) is 17.7. The lowest BCUT2D eigenvalue weighted by Crippen LogP contribution is -2.20. The molecule has 3 N–H and O–H groups in total. The van der Waals surface area contributed by atoms with Gasteiger partial charge >= 0.3 is 0 Å². The van der Waals surface area contributed by atoms with E-state index in [2.05, 4.69) is 0 Å². The summed E-state index contributed by atoms with van der Waals surface area (Å²) in [5.41, 5.74) is 0.895. The van der Waals surface area contributed by atoms with Crippen molar-refractivity contribution in [3.63, 3.8) is 0 Å². The number of Topliss-reactive ketones (excluding diaryl/α,β-unsaturated/α-hetero) is 1. The lowest BCUT2D eigenvalue weighted by atomic mass is 9.95. The quantitative estimate of drug-likeness (QED) is 0.396. The van der Waals surface area contributed by atoms with Crippen LogP contribution in [-0.4, -0.2) is 74.0 Å². The molecule has 0 aliphatic carbocycles. The number of aliphatic hydroxyl groups excluding tert-OH is 1. The number of rotatable bonds is 13. The van der Waals surface area contributed by atoms with Gasteiger partial charge < -0.3 is 39.0 Å². The second-order valence-corrected chi connectivity index (χ2v) is 7.05. The molecule has 0 saturated carbocycles. The van der Waals surface area contributed by atoms with Crippen LogP contribution in [0.3, 0.4) is 0 Å². The standard InChI is InChI=1S/C23H28O9/c24-5-6-28-7-8-29-9-10-30-11-12-31-18-13-19(26)23-20(27)15-21(32-22(23)14-18)16-1-3-17(25)4-2-16/h1-4,13-14,21,24-26H,5-12,15H2. The van der Waals surface area contributed by atoms with E-state index in [0.717, 1.165) is 5.56 Å². The van der Waals surface area contributed by atoms with Gasteiger partial charge in [-0.2, -0.15) is 0 Å². The van der Waals surface area contributed by atoms with Gasteiger partial charge in [0.15, 0.2) is 5.78 Å². The third kappa shape index (κ3) is 6.83. The molecule has 0 aromatic heterocycles. The van der Waals surface area contributed by atoms with Crippen molar-refractivity contribution in [3.05, 3.63) is 47.5 Å². The number of phenolic OH excluding ortho intramolecular Hbond substituents is 2. The molecule has 9 heteroatoms. The molecule has 1 heterocycles. The third-order valence-corrected chi connectivity index (χ3v) is 4.71. The van der Waals surface area contributed by atoms with Crippen molar-refractivity contribution in [2.24, 2.45) is 0 Å². The van der Waals surface area contributed by atoms with Crippen LogP contribution in [0.1, 0.15) is 28.4 Å². The van der Waals surface area contributed by atoms with Gasteiger partial charge in [-0.15, -0.1) is 0 Å². The zero-order valence-electron chi connectivity index (χ0n) is 17.7. The van der Waals surface area contributed by atoms with Gasteiger partial charge in [-0.25, -0.2) is 0 Å². The Balaban J connectivity index is 1.45. The average molecular weight is 448 g/mol. The number of carbonyl (C=O) groups excluding carboxylic acids is 1. The van der Waals surface area contributed by atoms with Crippen molar-refractivity contribution in [1.29, 1.82) is 0 Å². The molecule has 32 heavy (non-hydrogen) atoms. The molecule has 0 amide bonds. The number of fused-ring (bicyclic) bond motifs is 1. The number of carbonyl (C=O) groups is 1. The summed E-state index contributed by atoms with van der Waals surface area (Å²) in [5, 5.41) is 28.3. The van der Waals surface area contributed by atoms with Crippen LogP contribution < -0.4 is 9.47 Å². The highest BCUT2D eigenvalue weighted by Crippen LogP contribution is 2.42. The van der Waals surface area contributed by atoms with Crippen molar-refractivity contribution in [1.82, 2.24) is 0 Å². The van der Waals surface area contributed by atoms with Crippen LogP contribution in [0.5, 0.6) is 23.0 Å². The lowest BCUT2D eigenvalue weighted by Gasteiger charge is -2.26. The number of ketones is 1. The van der Waals surface area contributed by atoms with Gasteiger partial charge in [-0.1, -0.05) is 12.1 Å². The van der Waals surface area contributed by atoms with Gasteiger partial charge in [0.2, 0.25) is 0 Å². The summed E-state index contributed by atoms with van der Waals surface area (Å²) in [5.74, 6) is 0.335. The fourth-order valence-electron chi connectivity index (χ4n) is 3.20. The van der Waals surface area contributed by atoms with Gasteiger partial charge in [-0.05, 0) is 17.7 Å². The van der Waals surface area contributed by atoms with Gasteiger partial charge in [0.1, 0.15) is 41.3 Å². The predicted molar refractivity (Wildman–Crippen MR) is 114 cm³/mol. The fourth-order valence-corrected chi connectivity index (χ4v) is 3.20. The molecule has 0 saturated heterocycles. The Morgan fingerprint density at radius 1 is 0.875 bits per heavy atom. The molecule has 0 spiro atoms. The van der Waals surface area contributed by atoms with Crippen molar-refractivity contribution >= 4 is 5.78 Å². The molecule has 2 aromatic carbocycles. The van der Waals surface area contributed by atoms with Crippen LogP contribution in [0.4, 0.5) is 0 Å². The van der Waals surface area contributed by atoms with E-state index in [1.165, 1.54) is 18.2 Å². The summed E-state index contributed by atoms with van der Waals surface area (Å²) in [7, 11) is 0. The van der Waals surface area contributed by atoms with Crippen LogP contribution in [0.25, 0.3) is 0 Å². The van der Waals surface area contributed by atoms with Crippen molar-refractivity contribution in [2.75, 3.05) is 52.9 Å². The van der Waals surface area contributed by atoms with Crippen molar-refractivity contribution in [3.8, 4) is 23.0 Å². The van der Waals surface area contributed by atoms with Crippen LogP contribution in [0.2, 0.25) is 0 Å². The summed E-state index contributed by atoms with van der Waals surface area (Å²) in [6.07, 6.45) is -0.419. The number of ether oxygens (including phenoxy) is 5. The van der Waals surface area contributed by atoms with Crippen molar-refractivity contribution in [2.45, 2.75) is 12.5 Å². The first kappa shape index (κ1) is 23.8. The molecule has 0 fully saturated rings. The number of phenols is 2. The molecule has 174 valence electrons. The number of aliphatic hydroxyl groups is 1. The number of hydrogen-bond acceptors (Lipinski definition) is 9. The molecule has 1 unspecified atom stereocenters. The topological polar surface area (TPSA) is 124 Å². The normalized spacial score (nSPS) is 15.3. The van der Waals surface area contributed by atoms with Crippen molar-refractivity contribution < 1.29 is 43.8 Å². The summed E-state index contributed by atoms with van der Waals surface area (Å²) in [6, 6.07) is 9.42. The summed E-state index contributed by atoms with van der Waals surface area (Å²) in [6.45, 7) is 2.51. The Morgan fingerprint density at radius 2 is 1.50 bits per heavy atom. The maximum absolute atomic E-state index is 12.5. The third-order valence-electron chi connectivity index (χ3n) is 4.71. The van der Waals surface area contributed by atoms with E-state index in [4.69, 9.17) is 28.8 Å². The molecule has 9 nitrogen and oxygen atoms in total. The van der Waals surface area contributed by atoms with Gasteiger partial charge in [0.05, 0.1) is 52.7 Å². The van der Waals surface area contributed by atoms with Crippen LogP contribution in [0.15, 0.2) is 36.4 Å². The molecule has 1 aliphatic heterocycles. The zero-order chi connectivity index (χ0) is 22.8. The first-order chi connectivity index (χ1) is 15.6. The monoisotopic (exact) mass is 448 g/mol. The molecule has 0 bridgehead atoms. The second-order valence-electron chi connectivity index (χ2n) is 7.05. The Labute approximate surface area is 186 Å². The highest BCUT2D eigenvalue weighted by Gasteiger charge is 2.31. The SMILES string of the molecule is O=C1CC(c2ccc(O)cc2)Oc2cc(OCCOCCOCCOCCO)cc(O)c21. The molecule has 0 radical (unpaired) electrons. The minimum absolute atomic E-state index is 0.00740. The van der Waals surface area contributed by atoms with E-state index >= 15 is 0 Å². The van der Waals surface area contributed by atoms with Crippen LogP contribution in [0, 0.1) is 0 Å². The number of aromatic hydroxyl groups is 2. The molecule has 3 rings (SSSR count).